The first kappa shape index (κ1) is 15.6. The molecule has 1 aliphatic carbocycles. The van der Waals surface area contributed by atoms with E-state index in [4.69, 9.17) is 17.3 Å². The van der Waals surface area contributed by atoms with Crippen LogP contribution in [0.5, 0.6) is 0 Å². The minimum absolute atomic E-state index is 0.0110. The molecule has 0 saturated heterocycles. The standard InChI is InChI=1S/C14H21ClN2O2S/c1-14(2)7-5-11(6-8-14)17-20(18,19)13-4-3-10(15)9-12(13)16/h3-4,9,11,17H,5-8,16H2,1-2H3. The van der Waals surface area contributed by atoms with Crippen molar-refractivity contribution in [2.75, 3.05) is 5.73 Å². The van der Waals surface area contributed by atoms with Crippen molar-refractivity contribution in [2.24, 2.45) is 5.41 Å². The first-order valence-corrected chi connectivity index (χ1v) is 8.63. The van der Waals surface area contributed by atoms with E-state index in [1.54, 1.807) is 0 Å². The van der Waals surface area contributed by atoms with Crippen molar-refractivity contribution in [3.8, 4) is 0 Å². The van der Waals surface area contributed by atoms with Crippen LogP contribution in [0.3, 0.4) is 0 Å². The van der Waals surface area contributed by atoms with Crippen LogP contribution in [-0.2, 0) is 10.0 Å². The van der Waals surface area contributed by atoms with Crippen LogP contribution in [0.15, 0.2) is 23.1 Å². The van der Waals surface area contributed by atoms with E-state index in [-0.39, 0.29) is 16.6 Å². The average Bonchev–Trinajstić information content (AvgIpc) is 2.31. The second-order valence-corrected chi connectivity index (χ2v) is 8.36. The highest BCUT2D eigenvalue weighted by molar-refractivity contribution is 7.89. The number of rotatable bonds is 3. The number of nitrogens with two attached hydrogens (primary N) is 1. The lowest BCUT2D eigenvalue weighted by Crippen LogP contribution is -2.39. The van der Waals surface area contributed by atoms with Gasteiger partial charge in [-0.25, -0.2) is 13.1 Å². The summed E-state index contributed by atoms with van der Waals surface area (Å²) in [6, 6.07) is 4.44. The largest absolute Gasteiger partial charge is 0.398 e. The normalized spacial score (nSPS) is 19.9. The maximum atomic E-state index is 12.4. The van der Waals surface area contributed by atoms with Gasteiger partial charge in [0.05, 0.1) is 5.69 Å². The topological polar surface area (TPSA) is 72.2 Å². The van der Waals surface area contributed by atoms with E-state index >= 15 is 0 Å². The van der Waals surface area contributed by atoms with Crippen LogP contribution in [0.4, 0.5) is 5.69 Å². The maximum Gasteiger partial charge on any atom is 0.242 e. The second-order valence-electron chi connectivity index (χ2n) is 6.24. The Morgan fingerprint density at radius 2 is 1.90 bits per heavy atom. The molecule has 4 nitrogen and oxygen atoms in total. The zero-order valence-electron chi connectivity index (χ0n) is 11.8. The summed E-state index contributed by atoms with van der Waals surface area (Å²) in [7, 11) is -3.58. The molecule has 6 heteroatoms. The first-order chi connectivity index (χ1) is 9.20. The van der Waals surface area contributed by atoms with Gasteiger partial charge in [-0.3, -0.25) is 0 Å². The summed E-state index contributed by atoms with van der Waals surface area (Å²) in [6.45, 7) is 4.43. The first-order valence-electron chi connectivity index (χ1n) is 6.77. The molecule has 0 unspecified atom stereocenters. The molecule has 0 radical (unpaired) electrons. The van der Waals surface area contributed by atoms with Gasteiger partial charge in [0.1, 0.15) is 4.90 Å². The third kappa shape index (κ3) is 3.65. The molecule has 1 aromatic carbocycles. The molecule has 0 aliphatic heterocycles. The lowest BCUT2D eigenvalue weighted by molar-refractivity contribution is 0.218. The highest BCUT2D eigenvalue weighted by Crippen LogP contribution is 2.35. The number of benzene rings is 1. The predicted molar refractivity (Wildman–Crippen MR) is 82.2 cm³/mol. The molecule has 2 rings (SSSR count). The molecule has 1 aliphatic rings. The monoisotopic (exact) mass is 316 g/mol. The van der Waals surface area contributed by atoms with Gasteiger partial charge in [0.15, 0.2) is 0 Å². The van der Waals surface area contributed by atoms with Crippen molar-refractivity contribution < 1.29 is 8.42 Å². The van der Waals surface area contributed by atoms with Gasteiger partial charge in [0, 0.05) is 11.1 Å². The third-order valence-corrected chi connectivity index (χ3v) is 5.75. The number of hydrogen-bond acceptors (Lipinski definition) is 3. The van der Waals surface area contributed by atoms with Gasteiger partial charge in [-0.15, -0.1) is 0 Å². The Balaban J connectivity index is 2.12. The molecular weight excluding hydrogens is 296 g/mol. The van der Waals surface area contributed by atoms with Gasteiger partial charge in [-0.2, -0.15) is 0 Å². The fourth-order valence-corrected chi connectivity index (χ4v) is 4.16. The van der Waals surface area contributed by atoms with Crippen LogP contribution in [-0.4, -0.2) is 14.5 Å². The maximum absolute atomic E-state index is 12.4. The van der Waals surface area contributed by atoms with Crippen molar-refractivity contribution in [1.29, 1.82) is 0 Å². The summed E-state index contributed by atoms with van der Waals surface area (Å²) < 4.78 is 27.5. The molecule has 20 heavy (non-hydrogen) atoms. The Labute approximate surface area is 125 Å². The van der Waals surface area contributed by atoms with Gasteiger partial charge in [0.2, 0.25) is 10.0 Å². The summed E-state index contributed by atoms with van der Waals surface area (Å²) >= 11 is 5.80. The van der Waals surface area contributed by atoms with E-state index in [0.717, 1.165) is 25.7 Å². The molecule has 0 heterocycles. The van der Waals surface area contributed by atoms with Gasteiger partial charge < -0.3 is 5.73 Å². The Morgan fingerprint density at radius 1 is 1.30 bits per heavy atom. The minimum Gasteiger partial charge on any atom is -0.398 e. The van der Waals surface area contributed by atoms with Crippen LogP contribution in [0.25, 0.3) is 0 Å². The van der Waals surface area contributed by atoms with Crippen LogP contribution in [0.2, 0.25) is 5.02 Å². The number of hydrogen-bond donors (Lipinski definition) is 2. The van der Waals surface area contributed by atoms with Crippen molar-refractivity contribution in [3.05, 3.63) is 23.2 Å². The van der Waals surface area contributed by atoms with E-state index < -0.39 is 10.0 Å². The predicted octanol–water partition coefficient (Wildman–Crippen LogP) is 3.17. The van der Waals surface area contributed by atoms with Crippen molar-refractivity contribution in [1.82, 2.24) is 4.72 Å². The van der Waals surface area contributed by atoms with E-state index in [1.807, 2.05) is 0 Å². The Bertz CT molecular complexity index is 589. The summed E-state index contributed by atoms with van der Waals surface area (Å²) in [4.78, 5) is 0.103. The minimum atomic E-state index is -3.58. The summed E-state index contributed by atoms with van der Waals surface area (Å²) in [6.07, 6.45) is 3.77. The molecule has 0 spiro atoms. The molecule has 0 atom stereocenters. The highest BCUT2D eigenvalue weighted by atomic mass is 35.5. The van der Waals surface area contributed by atoms with Crippen molar-refractivity contribution in [2.45, 2.75) is 50.5 Å². The number of nitrogen functional groups attached to an aromatic ring is 1. The number of anilines is 1. The zero-order chi connectivity index (χ0) is 15.0. The number of halogens is 1. The molecule has 1 saturated carbocycles. The SMILES string of the molecule is CC1(C)CCC(NS(=O)(=O)c2ccc(Cl)cc2N)CC1. The van der Waals surface area contributed by atoms with E-state index in [1.165, 1.54) is 18.2 Å². The van der Waals surface area contributed by atoms with Gasteiger partial charge >= 0.3 is 0 Å². The smallest absolute Gasteiger partial charge is 0.242 e. The lowest BCUT2D eigenvalue weighted by atomic mass is 9.76. The number of nitrogens with one attached hydrogen (secondary N) is 1. The summed E-state index contributed by atoms with van der Waals surface area (Å²) in [5.41, 5.74) is 6.24. The van der Waals surface area contributed by atoms with E-state index in [9.17, 15) is 8.42 Å². The highest BCUT2D eigenvalue weighted by Gasteiger charge is 2.30. The fourth-order valence-electron chi connectivity index (χ4n) is 2.56. The van der Waals surface area contributed by atoms with Crippen LogP contribution >= 0.6 is 11.6 Å². The average molecular weight is 317 g/mol. The van der Waals surface area contributed by atoms with E-state index in [2.05, 4.69) is 18.6 Å². The van der Waals surface area contributed by atoms with Crippen LogP contribution in [0.1, 0.15) is 39.5 Å². The van der Waals surface area contributed by atoms with Crippen molar-refractivity contribution >= 4 is 27.3 Å². The Hall–Kier alpha value is -0.780. The molecular formula is C14H21ClN2O2S. The summed E-state index contributed by atoms with van der Waals surface area (Å²) in [5.74, 6) is 0. The molecule has 3 N–H and O–H groups in total. The van der Waals surface area contributed by atoms with Crippen LogP contribution in [0, 0.1) is 5.41 Å². The Morgan fingerprint density at radius 3 is 2.45 bits per heavy atom. The van der Waals surface area contributed by atoms with E-state index in [0.29, 0.717) is 10.4 Å². The molecule has 1 aromatic rings. The van der Waals surface area contributed by atoms with Crippen LogP contribution < -0.4 is 10.5 Å². The molecule has 1 fully saturated rings. The zero-order valence-corrected chi connectivity index (χ0v) is 13.4. The molecule has 0 amide bonds. The third-order valence-electron chi connectivity index (χ3n) is 3.92. The van der Waals surface area contributed by atoms with Gasteiger partial charge in [-0.05, 0) is 49.3 Å². The van der Waals surface area contributed by atoms with Crippen molar-refractivity contribution in [3.63, 3.8) is 0 Å². The molecule has 0 aromatic heterocycles. The quantitative estimate of drug-likeness (QED) is 0.841. The molecule has 112 valence electrons. The lowest BCUT2D eigenvalue weighted by Gasteiger charge is -2.34. The van der Waals surface area contributed by atoms with Gasteiger partial charge in [0.25, 0.3) is 0 Å². The molecule has 0 bridgehead atoms. The fraction of sp³-hybridized carbons (Fsp3) is 0.571. The van der Waals surface area contributed by atoms with Gasteiger partial charge in [-0.1, -0.05) is 25.4 Å². The number of sulfonamides is 1. The Kier molecular flexibility index (Phi) is 4.33. The second kappa shape index (κ2) is 5.54. The summed E-state index contributed by atoms with van der Waals surface area (Å²) in [5, 5.41) is 0.431.